The molecule has 0 heterocycles. The first kappa shape index (κ1) is 39.9. The molecule has 5 amide bonds. The minimum Gasteiger partial charge on any atom is -0.356 e. The molecule has 0 saturated carbocycles. The SMILES string of the molecule is CC(=[OH+])N(O)CCCCCNC(=O)CCC(=[OH+])N(O)CCCCCNC(=O)CCC(=[OH+])N(O)CCCCC[NH].[Fe]. The molecule has 0 fully saturated rings. The number of amides is 5. The molecule has 0 aliphatic rings. The molecule has 1 radical (unpaired) electrons. The average Bonchev–Trinajstić information content (AvgIpc) is 2.91. The van der Waals surface area contributed by atoms with Crippen molar-refractivity contribution >= 4 is 29.5 Å². The molecule has 0 aromatic carbocycles. The molecule has 0 rings (SSSR count). The van der Waals surface area contributed by atoms with E-state index in [4.69, 9.17) is 10.5 Å². The third-order valence-electron chi connectivity index (χ3n) is 5.91. The van der Waals surface area contributed by atoms with Crippen LogP contribution in [0.25, 0.3) is 0 Å². The number of rotatable bonds is 23. The maximum Gasteiger partial charge on any atom is 0.415 e. The minimum absolute atomic E-state index is 0. The fourth-order valence-electron chi connectivity index (χ4n) is 3.45. The van der Waals surface area contributed by atoms with Crippen LogP contribution in [0, 0.1) is 0 Å². The van der Waals surface area contributed by atoms with E-state index in [-0.39, 0.29) is 85.4 Å². The summed E-state index contributed by atoms with van der Waals surface area (Å²) in [4.78, 5) is 52.6. The van der Waals surface area contributed by atoms with Gasteiger partial charge in [0, 0.05) is 49.5 Å². The molecule has 0 atom stereocenters. The van der Waals surface area contributed by atoms with Crippen molar-refractivity contribution in [2.45, 2.75) is 90.4 Å². The second-order valence-electron chi connectivity index (χ2n) is 9.38. The fraction of sp³-hybridized carbons (Fsp3) is 0.800. The first-order chi connectivity index (χ1) is 18.6. The van der Waals surface area contributed by atoms with Crippen molar-refractivity contribution in [3.63, 3.8) is 0 Å². The van der Waals surface area contributed by atoms with Gasteiger partial charge in [-0.2, -0.15) is 15.2 Å². The van der Waals surface area contributed by atoms with Crippen molar-refractivity contribution in [1.29, 1.82) is 0 Å². The van der Waals surface area contributed by atoms with Gasteiger partial charge >= 0.3 is 17.7 Å². The van der Waals surface area contributed by atoms with Gasteiger partial charge in [0.1, 0.15) is 0 Å². The Hall–Kier alpha value is -2.29. The quantitative estimate of drug-likeness (QED) is 0.0374. The van der Waals surface area contributed by atoms with Crippen LogP contribution in [-0.2, 0) is 26.7 Å². The van der Waals surface area contributed by atoms with Crippen LogP contribution in [0.5, 0.6) is 0 Å². The maximum atomic E-state index is 11.9. The monoisotopic (exact) mass is 618 g/mol. The Labute approximate surface area is 247 Å². The summed E-state index contributed by atoms with van der Waals surface area (Å²) >= 11 is 0. The van der Waals surface area contributed by atoms with E-state index in [0.29, 0.717) is 64.7 Å². The number of hydroxylamine groups is 6. The standard InChI is InChI=1S/C25H47N6O8.Fe/c1-21(32)29(37)18-9-3-6-16-27-22(33)12-14-25(36)31(39)20-10-4-7-17-28-23(34)11-13-24(35)30(38)19-8-2-5-15-26;/h26,37-39H,2-20H2,1H3,(H,27,33)(H,28,34);/p+3. The average molecular weight is 619 g/mol. The molecule has 0 spiro atoms. The number of carbonyl (C=O) groups is 2. The fourth-order valence-corrected chi connectivity index (χ4v) is 3.45. The van der Waals surface area contributed by atoms with Gasteiger partial charge in [0.2, 0.25) is 11.8 Å². The van der Waals surface area contributed by atoms with Crippen LogP contribution < -0.4 is 16.4 Å². The second-order valence-corrected chi connectivity index (χ2v) is 9.38. The summed E-state index contributed by atoms with van der Waals surface area (Å²) in [6.07, 6.45) is 6.34. The Bertz CT molecular complexity index is 746. The molecule has 9 N–H and O–H groups in total. The van der Waals surface area contributed by atoms with Crippen molar-refractivity contribution < 1.29 is 56.7 Å². The van der Waals surface area contributed by atoms with Crippen LogP contribution in [0.2, 0.25) is 0 Å². The van der Waals surface area contributed by atoms with Crippen molar-refractivity contribution in [2.75, 3.05) is 39.3 Å². The summed E-state index contributed by atoms with van der Waals surface area (Å²) in [5.41, 5.74) is 7.07. The molecular formula is C25H50FeN6O8+3. The molecule has 0 unspecified atom stereocenters. The number of unbranched alkanes of at least 4 members (excludes halogenated alkanes) is 6. The number of hydrogen-bond donors (Lipinski definition) is 5. The summed E-state index contributed by atoms with van der Waals surface area (Å²) in [6.45, 7) is 3.36. The van der Waals surface area contributed by atoms with Gasteiger partial charge in [0.25, 0.3) is 0 Å². The van der Waals surface area contributed by atoms with Gasteiger partial charge in [0.05, 0.1) is 39.4 Å². The number of carbonyl (C=O) groups excluding carboxylic acids is 5. The van der Waals surface area contributed by atoms with E-state index in [1.165, 1.54) is 6.92 Å². The molecule has 233 valence electrons. The Kier molecular flexibility index (Phi) is 25.6. The molecule has 0 aliphatic heterocycles. The molecule has 15 heteroatoms. The van der Waals surface area contributed by atoms with Crippen LogP contribution in [0.3, 0.4) is 0 Å². The van der Waals surface area contributed by atoms with E-state index < -0.39 is 0 Å². The van der Waals surface area contributed by atoms with Gasteiger partial charge in [-0.25, -0.2) is 0 Å². The zero-order valence-corrected chi connectivity index (χ0v) is 24.7. The van der Waals surface area contributed by atoms with Gasteiger partial charge < -0.3 is 10.6 Å². The predicted molar refractivity (Wildman–Crippen MR) is 146 cm³/mol. The molecule has 0 aromatic rings. The second kappa shape index (κ2) is 25.7. The van der Waals surface area contributed by atoms with Crippen molar-refractivity contribution in [2.24, 2.45) is 0 Å². The van der Waals surface area contributed by atoms with Gasteiger partial charge in [-0.05, 0) is 51.4 Å². The van der Waals surface area contributed by atoms with E-state index in [1.54, 1.807) is 0 Å². The Morgan fingerprint density at radius 2 is 1.00 bits per heavy atom. The molecule has 0 bridgehead atoms. The predicted octanol–water partition coefficient (Wildman–Crippen LogP) is 1.17. The van der Waals surface area contributed by atoms with E-state index >= 15 is 0 Å². The van der Waals surface area contributed by atoms with Crippen LogP contribution in [0.4, 0.5) is 0 Å². The third kappa shape index (κ3) is 22.5. The van der Waals surface area contributed by atoms with Crippen LogP contribution in [-0.4, -0.2) is 114 Å². The summed E-state index contributed by atoms with van der Waals surface area (Å²) in [5.74, 6) is -1.20. The minimum atomic E-state index is -0.289. The molecule has 40 heavy (non-hydrogen) atoms. The van der Waals surface area contributed by atoms with E-state index in [0.717, 1.165) is 34.5 Å². The van der Waals surface area contributed by atoms with E-state index in [9.17, 15) is 34.8 Å². The van der Waals surface area contributed by atoms with Gasteiger partial charge in [-0.1, -0.05) is 6.42 Å². The van der Waals surface area contributed by atoms with E-state index in [2.05, 4.69) is 10.6 Å². The van der Waals surface area contributed by atoms with Gasteiger partial charge in [0.15, 0.2) is 0 Å². The van der Waals surface area contributed by atoms with Crippen LogP contribution in [0.1, 0.15) is 90.4 Å². The smallest absolute Gasteiger partial charge is 0.356 e. The topological polar surface area (TPSA) is 217 Å². The summed E-state index contributed by atoms with van der Waals surface area (Å²) in [6, 6.07) is 0. The van der Waals surface area contributed by atoms with Crippen molar-refractivity contribution in [1.82, 2.24) is 31.6 Å². The summed E-state index contributed by atoms with van der Waals surface area (Å²) in [7, 11) is 0. The van der Waals surface area contributed by atoms with Crippen molar-refractivity contribution in [3.05, 3.63) is 0 Å². The van der Waals surface area contributed by atoms with E-state index in [1.807, 2.05) is 0 Å². The van der Waals surface area contributed by atoms with Gasteiger partial charge in [-0.15, -0.1) is 0 Å². The summed E-state index contributed by atoms with van der Waals surface area (Å²) < 4.78 is 0. The zero-order chi connectivity index (χ0) is 29.5. The number of hydrogen-bond acceptors (Lipinski definition) is 5. The van der Waals surface area contributed by atoms with Crippen LogP contribution >= 0.6 is 0 Å². The zero-order valence-electron chi connectivity index (χ0n) is 23.6. The molecule has 0 aliphatic carbocycles. The summed E-state index contributed by atoms with van der Waals surface area (Å²) in [5, 5.41) is 36.7. The maximum absolute atomic E-state index is 11.9. The van der Waals surface area contributed by atoms with Crippen LogP contribution in [0.15, 0.2) is 0 Å². The molecule has 14 nitrogen and oxygen atoms in total. The Morgan fingerprint density at radius 1 is 0.625 bits per heavy atom. The number of nitrogens with zero attached hydrogens (tertiary/aromatic N) is 3. The Balaban J connectivity index is 0. The normalized spacial score (nSPS) is 10.3. The third-order valence-corrected chi connectivity index (χ3v) is 5.91. The first-order valence-corrected chi connectivity index (χ1v) is 13.8. The number of nitrogens with one attached hydrogen (secondary N) is 3. The molecule has 0 saturated heterocycles. The van der Waals surface area contributed by atoms with Crippen molar-refractivity contribution in [3.8, 4) is 0 Å². The first-order valence-electron chi connectivity index (χ1n) is 13.8. The largest absolute Gasteiger partial charge is 0.415 e. The van der Waals surface area contributed by atoms with Gasteiger partial charge in [-0.3, -0.25) is 45.3 Å². The molecule has 0 aromatic heterocycles. The Morgan fingerprint density at radius 3 is 1.38 bits per heavy atom. The molecular weight excluding hydrogens is 568 g/mol.